The lowest BCUT2D eigenvalue weighted by atomic mass is 9.98. The van der Waals surface area contributed by atoms with Crippen LogP contribution in [0.1, 0.15) is 46.5 Å². The summed E-state index contributed by atoms with van der Waals surface area (Å²) in [5.74, 6) is 0.992. The highest BCUT2D eigenvalue weighted by molar-refractivity contribution is 5.97. The van der Waals surface area contributed by atoms with Crippen LogP contribution in [0.4, 0.5) is 0 Å². The van der Waals surface area contributed by atoms with Gasteiger partial charge in [0.05, 0.1) is 12.8 Å². The first-order valence-corrected chi connectivity index (χ1v) is 8.21. The highest BCUT2D eigenvalue weighted by Crippen LogP contribution is 2.18. The Labute approximate surface area is 140 Å². The lowest BCUT2D eigenvalue weighted by Crippen LogP contribution is -2.40. The number of likely N-dealkylation sites (tertiary alicyclic amines) is 1. The van der Waals surface area contributed by atoms with Gasteiger partial charge in [0.25, 0.3) is 5.91 Å². The Morgan fingerprint density at radius 1 is 1.50 bits per heavy atom. The summed E-state index contributed by atoms with van der Waals surface area (Å²) >= 11 is 0. The normalized spacial score (nSPS) is 18.5. The predicted molar refractivity (Wildman–Crippen MR) is 87.6 cm³/mol. The number of amides is 1. The van der Waals surface area contributed by atoms with Crippen molar-refractivity contribution >= 4 is 11.7 Å². The molecule has 0 aliphatic carbocycles. The minimum absolute atomic E-state index is 0.161. The molecule has 1 fully saturated rings. The number of nitrogens with zero attached hydrogens (tertiary/aromatic N) is 2. The Balaban J connectivity index is 1.48. The third kappa shape index (κ3) is 4.11. The van der Waals surface area contributed by atoms with Crippen LogP contribution >= 0.6 is 0 Å². The van der Waals surface area contributed by atoms with Gasteiger partial charge in [-0.2, -0.15) is 5.10 Å². The number of rotatable bonds is 6. The number of aromatic amines is 1. The summed E-state index contributed by atoms with van der Waals surface area (Å²) in [5, 5.41) is 9.37. The molecule has 128 valence electrons. The lowest BCUT2D eigenvalue weighted by Gasteiger charge is -2.32. The molecule has 1 saturated heterocycles. The van der Waals surface area contributed by atoms with Crippen molar-refractivity contribution in [2.24, 2.45) is 5.92 Å². The van der Waals surface area contributed by atoms with Crippen molar-refractivity contribution in [1.82, 2.24) is 20.4 Å². The number of carbonyl (C=O) groups is 2. The van der Waals surface area contributed by atoms with Crippen LogP contribution in [0, 0.1) is 5.92 Å². The number of Topliss-reactive ketones (excluding diaryl/α,β-unsaturated/α-hetero) is 1. The van der Waals surface area contributed by atoms with E-state index in [4.69, 9.17) is 4.42 Å². The number of nitrogens with one attached hydrogen (secondary N) is 2. The number of furan rings is 1. The summed E-state index contributed by atoms with van der Waals surface area (Å²) < 4.78 is 5.40. The maximum Gasteiger partial charge on any atom is 0.269 e. The molecule has 1 aliphatic rings. The molecule has 0 bridgehead atoms. The van der Waals surface area contributed by atoms with E-state index in [0.29, 0.717) is 18.2 Å². The van der Waals surface area contributed by atoms with Crippen molar-refractivity contribution in [2.45, 2.75) is 26.3 Å². The molecule has 1 atom stereocenters. The number of hydrogen-bond donors (Lipinski definition) is 2. The second-order valence-electron chi connectivity index (χ2n) is 6.26. The van der Waals surface area contributed by atoms with Crippen LogP contribution in [-0.2, 0) is 6.54 Å². The number of carbonyl (C=O) groups excluding carboxylic acids is 2. The van der Waals surface area contributed by atoms with Gasteiger partial charge in [-0.3, -0.25) is 19.6 Å². The third-order valence-electron chi connectivity index (χ3n) is 4.30. The average Bonchev–Trinajstić information content (AvgIpc) is 3.24. The summed E-state index contributed by atoms with van der Waals surface area (Å²) in [5.41, 5.74) is 0.603. The van der Waals surface area contributed by atoms with E-state index in [1.165, 1.54) is 13.0 Å². The van der Waals surface area contributed by atoms with Crippen molar-refractivity contribution in [3.8, 4) is 0 Å². The molecule has 0 aromatic carbocycles. The van der Waals surface area contributed by atoms with E-state index in [9.17, 15) is 9.59 Å². The molecule has 0 spiro atoms. The molecule has 0 unspecified atom stereocenters. The smallest absolute Gasteiger partial charge is 0.269 e. The topological polar surface area (TPSA) is 91.2 Å². The van der Waals surface area contributed by atoms with Gasteiger partial charge in [-0.25, -0.2) is 0 Å². The van der Waals surface area contributed by atoms with Crippen molar-refractivity contribution in [3.63, 3.8) is 0 Å². The molecule has 7 heteroatoms. The van der Waals surface area contributed by atoms with Gasteiger partial charge in [-0.15, -0.1) is 0 Å². The number of piperidine rings is 1. The lowest BCUT2D eigenvalue weighted by molar-refractivity contribution is 0.0923. The van der Waals surface area contributed by atoms with Crippen molar-refractivity contribution in [2.75, 3.05) is 19.6 Å². The van der Waals surface area contributed by atoms with E-state index < -0.39 is 0 Å². The molecule has 1 aliphatic heterocycles. The van der Waals surface area contributed by atoms with E-state index in [-0.39, 0.29) is 17.4 Å². The van der Waals surface area contributed by atoms with Gasteiger partial charge in [-0.1, -0.05) is 0 Å². The standard InChI is InChI=1S/C17H22N4O3/c1-12(22)15-8-16(20-19-15)17(23)18-9-13-4-2-6-21(10-13)11-14-5-3-7-24-14/h3,5,7-8,13H,2,4,6,9-11H2,1H3,(H,18,23)(H,19,20)/t13-/m1/s1. The minimum Gasteiger partial charge on any atom is -0.468 e. The van der Waals surface area contributed by atoms with Crippen LogP contribution in [0.3, 0.4) is 0 Å². The van der Waals surface area contributed by atoms with Crippen LogP contribution < -0.4 is 5.32 Å². The first kappa shape index (κ1) is 16.4. The van der Waals surface area contributed by atoms with Gasteiger partial charge in [0.1, 0.15) is 17.1 Å². The molecular weight excluding hydrogens is 308 g/mol. The van der Waals surface area contributed by atoms with Crippen LogP contribution in [0.15, 0.2) is 28.9 Å². The Hall–Kier alpha value is -2.41. The van der Waals surface area contributed by atoms with E-state index in [2.05, 4.69) is 20.4 Å². The molecule has 24 heavy (non-hydrogen) atoms. The zero-order valence-electron chi connectivity index (χ0n) is 13.7. The first-order chi connectivity index (χ1) is 11.6. The Morgan fingerprint density at radius 2 is 2.38 bits per heavy atom. The number of H-pyrrole nitrogens is 1. The number of aromatic nitrogens is 2. The van der Waals surface area contributed by atoms with Crippen molar-refractivity contribution in [3.05, 3.63) is 41.6 Å². The molecule has 7 nitrogen and oxygen atoms in total. The maximum atomic E-state index is 12.1. The third-order valence-corrected chi connectivity index (χ3v) is 4.30. The molecule has 2 aromatic heterocycles. The summed E-state index contributed by atoms with van der Waals surface area (Å²) in [6.07, 6.45) is 3.90. The number of ketones is 1. The van der Waals surface area contributed by atoms with Crippen LogP contribution in [0.25, 0.3) is 0 Å². The molecule has 2 N–H and O–H groups in total. The molecule has 0 saturated carbocycles. The molecule has 3 rings (SSSR count). The Kier molecular flexibility index (Phi) is 5.10. The van der Waals surface area contributed by atoms with Gasteiger partial charge in [0.15, 0.2) is 5.78 Å². The largest absolute Gasteiger partial charge is 0.468 e. The van der Waals surface area contributed by atoms with Gasteiger partial charge in [0.2, 0.25) is 0 Å². The van der Waals surface area contributed by atoms with Gasteiger partial charge in [0, 0.05) is 20.0 Å². The molecule has 0 radical (unpaired) electrons. The molecule has 2 aromatic rings. The average molecular weight is 330 g/mol. The fourth-order valence-electron chi connectivity index (χ4n) is 3.04. The Bertz CT molecular complexity index is 693. The van der Waals surface area contributed by atoms with E-state index in [0.717, 1.165) is 38.2 Å². The summed E-state index contributed by atoms with van der Waals surface area (Å²) in [7, 11) is 0. The maximum absolute atomic E-state index is 12.1. The second kappa shape index (κ2) is 7.44. The van der Waals surface area contributed by atoms with Crippen molar-refractivity contribution < 1.29 is 14.0 Å². The van der Waals surface area contributed by atoms with Gasteiger partial charge in [-0.05, 0) is 43.5 Å². The summed E-state index contributed by atoms with van der Waals surface area (Å²) in [6, 6.07) is 5.37. The fraction of sp³-hybridized carbons (Fsp3) is 0.471. The van der Waals surface area contributed by atoms with E-state index in [1.807, 2.05) is 12.1 Å². The second-order valence-corrected chi connectivity index (χ2v) is 6.26. The summed E-state index contributed by atoms with van der Waals surface area (Å²) in [4.78, 5) is 25.7. The first-order valence-electron chi connectivity index (χ1n) is 8.21. The SMILES string of the molecule is CC(=O)c1cc(C(=O)NC[C@H]2CCCN(Cc3ccco3)C2)[nH]n1. The van der Waals surface area contributed by atoms with Crippen LogP contribution in [0.5, 0.6) is 0 Å². The van der Waals surface area contributed by atoms with Crippen LogP contribution in [-0.4, -0.2) is 46.4 Å². The summed E-state index contributed by atoms with van der Waals surface area (Å²) in [6.45, 7) is 4.83. The monoisotopic (exact) mass is 330 g/mol. The van der Waals surface area contributed by atoms with Gasteiger partial charge < -0.3 is 9.73 Å². The van der Waals surface area contributed by atoms with E-state index >= 15 is 0 Å². The van der Waals surface area contributed by atoms with Crippen LogP contribution in [0.2, 0.25) is 0 Å². The zero-order chi connectivity index (χ0) is 16.9. The highest BCUT2D eigenvalue weighted by Gasteiger charge is 2.21. The quantitative estimate of drug-likeness (QED) is 0.789. The predicted octanol–water partition coefficient (Wildman–Crippen LogP) is 1.85. The van der Waals surface area contributed by atoms with E-state index in [1.54, 1.807) is 6.26 Å². The number of hydrogen-bond acceptors (Lipinski definition) is 5. The fourth-order valence-corrected chi connectivity index (χ4v) is 3.04. The molecule has 1 amide bonds. The zero-order valence-corrected chi connectivity index (χ0v) is 13.7. The molecule has 3 heterocycles. The Morgan fingerprint density at radius 3 is 3.08 bits per heavy atom. The van der Waals surface area contributed by atoms with Crippen molar-refractivity contribution in [1.29, 1.82) is 0 Å². The highest BCUT2D eigenvalue weighted by atomic mass is 16.3. The van der Waals surface area contributed by atoms with Gasteiger partial charge >= 0.3 is 0 Å². The molecular formula is C17H22N4O3. The minimum atomic E-state index is -0.224.